The highest BCUT2D eigenvalue weighted by Gasteiger charge is 2.31. The Morgan fingerprint density at radius 2 is 0.904 bits per heavy atom. The fraction of sp³-hybridized carbons (Fsp3) is 0.605. The number of carbonyl (C=O) groups is 1. The number of benzene rings is 1. The number of unbranched alkanes of at least 4 members (excludes halogenated alkanes) is 17. The molecule has 4 rings (SSSR count). The molecule has 0 saturated carbocycles. The number of rotatable bonds is 25. The molecular weight excluding hydrogens is 667 g/mol. The van der Waals surface area contributed by atoms with Gasteiger partial charge in [-0.1, -0.05) is 129 Å². The number of pyridine rings is 2. The Balaban J connectivity index is 0.000000505. The maximum Gasteiger partial charge on any atom is 0.266 e. The first-order valence-electron chi connectivity index (χ1n) is 20.4. The molecule has 1 N–H and O–H groups in total. The van der Waals surface area contributed by atoms with E-state index in [1.807, 2.05) is 4.72 Å². The molecule has 2 aromatic heterocycles. The number of carbonyl (C=O) groups excluding carboxylic acids is 1. The van der Waals surface area contributed by atoms with E-state index in [1.165, 1.54) is 141 Å². The van der Waals surface area contributed by atoms with Gasteiger partial charge in [0.25, 0.3) is 15.9 Å². The minimum absolute atomic E-state index is 0.0648. The van der Waals surface area contributed by atoms with Gasteiger partial charge >= 0.3 is 0 Å². The lowest BCUT2D eigenvalue weighted by Crippen LogP contribution is -2.20. The van der Waals surface area contributed by atoms with E-state index in [-0.39, 0.29) is 10.5 Å². The molecule has 9 heteroatoms. The maximum atomic E-state index is 11.1. The summed E-state index contributed by atoms with van der Waals surface area (Å²) in [7, 11) is -3.55. The molecule has 52 heavy (non-hydrogen) atoms. The Morgan fingerprint density at radius 1 is 0.519 bits per heavy atom. The van der Waals surface area contributed by atoms with Crippen LogP contribution in [0.5, 0.6) is 0 Å². The second-order valence-corrected chi connectivity index (χ2v) is 15.8. The predicted octanol–water partition coefficient (Wildman–Crippen LogP) is 9.75. The molecule has 3 aromatic rings. The molecule has 0 aliphatic carbocycles. The number of nitrogens with zero attached hydrogens (tertiary/aromatic N) is 4. The first-order chi connectivity index (χ1) is 25.4. The van der Waals surface area contributed by atoms with Crippen LogP contribution in [0, 0.1) is 0 Å². The molecule has 0 bridgehead atoms. The third-order valence-electron chi connectivity index (χ3n) is 9.59. The Bertz CT molecular complexity index is 1540. The standard InChI is InChI=1S/C36H62N4.C7H5NO3S/c1-3-5-7-9-15-19-27-37-35-23-31-39(32-24-35)29-21-17-13-11-12-14-18-22-30-40-33-25-36(26-34-40)38-28-20-16-10-8-6-4-2;9-7-5-3-1-2-4-6(5)12(10,11)8-7/h23-26,31-34H,3-22,27-30H2,1-2H3;1-4H,(H,8,9). The van der Waals surface area contributed by atoms with Gasteiger partial charge in [0.15, 0.2) is 0 Å². The van der Waals surface area contributed by atoms with E-state index in [2.05, 4.69) is 72.0 Å². The molecule has 0 unspecified atom stereocenters. The topological polar surface area (TPSA) is 97.8 Å². The molecule has 0 spiro atoms. The lowest BCUT2D eigenvalue weighted by molar-refractivity contribution is 0.0985. The minimum atomic E-state index is -3.55. The van der Waals surface area contributed by atoms with Crippen LogP contribution in [0.3, 0.4) is 0 Å². The average molecular weight is 734 g/mol. The quantitative estimate of drug-likeness (QED) is 0.0878. The van der Waals surface area contributed by atoms with Crippen LogP contribution in [-0.4, -0.2) is 36.5 Å². The molecule has 1 aliphatic rings. The van der Waals surface area contributed by atoms with Gasteiger partial charge in [0, 0.05) is 51.0 Å². The van der Waals surface area contributed by atoms with Gasteiger partial charge in [-0.15, -0.1) is 0 Å². The van der Waals surface area contributed by atoms with Gasteiger partial charge in [-0.05, 0) is 62.1 Å². The van der Waals surface area contributed by atoms with E-state index in [0.717, 1.165) is 36.9 Å². The van der Waals surface area contributed by atoms with Crippen molar-refractivity contribution in [2.24, 2.45) is 9.98 Å². The number of hydrogen-bond donors (Lipinski definition) is 1. The average Bonchev–Trinajstić information content (AvgIpc) is 3.40. The maximum absolute atomic E-state index is 11.1. The number of aromatic nitrogens is 2. The van der Waals surface area contributed by atoms with Crippen LogP contribution in [0.2, 0.25) is 0 Å². The van der Waals surface area contributed by atoms with Gasteiger partial charge in [0.05, 0.1) is 16.3 Å². The summed E-state index contributed by atoms with van der Waals surface area (Å²) in [6.07, 6.45) is 35.5. The number of sulfonamides is 1. The van der Waals surface area contributed by atoms with Gasteiger partial charge in [-0.3, -0.25) is 14.8 Å². The Labute approximate surface area is 315 Å². The van der Waals surface area contributed by atoms with Crippen molar-refractivity contribution in [3.05, 3.63) is 89.6 Å². The zero-order valence-corrected chi connectivity index (χ0v) is 33.1. The third kappa shape index (κ3) is 17.8. The number of fused-ring (bicyclic) bond motifs is 1. The number of aryl methyl sites for hydroxylation is 2. The van der Waals surface area contributed by atoms with Gasteiger partial charge in [0.1, 0.15) is 4.90 Å². The highest BCUT2D eigenvalue weighted by atomic mass is 32.2. The monoisotopic (exact) mass is 733 g/mol. The van der Waals surface area contributed by atoms with Crippen molar-refractivity contribution in [2.45, 2.75) is 160 Å². The van der Waals surface area contributed by atoms with Crippen LogP contribution in [0.25, 0.3) is 0 Å². The fourth-order valence-corrected chi connectivity index (χ4v) is 7.55. The summed E-state index contributed by atoms with van der Waals surface area (Å²) in [5.74, 6) is -0.550. The lowest BCUT2D eigenvalue weighted by Gasteiger charge is -2.07. The third-order valence-corrected chi connectivity index (χ3v) is 11.0. The molecule has 8 nitrogen and oxygen atoms in total. The Morgan fingerprint density at radius 3 is 1.33 bits per heavy atom. The lowest BCUT2D eigenvalue weighted by atomic mass is 10.1. The summed E-state index contributed by atoms with van der Waals surface area (Å²) in [5, 5.41) is 2.27. The molecule has 3 heterocycles. The van der Waals surface area contributed by atoms with E-state index in [1.54, 1.807) is 12.1 Å². The van der Waals surface area contributed by atoms with Crippen LogP contribution >= 0.6 is 0 Å². The van der Waals surface area contributed by atoms with Crippen molar-refractivity contribution in [2.75, 3.05) is 13.1 Å². The fourth-order valence-electron chi connectivity index (χ4n) is 6.38. The SMILES string of the molecule is CCCCCCCCN=c1ccn(CCCCCCCCCCn2ccc(=NCCCCCCCC)cc2)cc1.O=C1NS(=O)(=O)c2ccccc21. The van der Waals surface area contributed by atoms with Crippen molar-refractivity contribution in [1.82, 2.24) is 13.9 Å². The van der Waals surface area contributed by atoms with Crippen LogP contribution < -0.4 is 15.4 Å². The van der Waals surface area contributed by atoms with Crippen LogP contribution in [0.1, 0.15) is 153 Å². The summed E-state index contributed by atoms with van der Waals surface area (Å²) in [6, 6.07) is 14.8. The smallest absolute Gasteiger partial charge is 0.266 e. The normalized spacial score (nSPS) is 12.8. The van der Waals surface area contributed by atoms with Crippen LogP contribution in [0.15, 0.2) is 88.2 Å². The summed E-state index contributed by atoms with van der Waals surface area (Å²) >= 11 is 0. The number of amides is 1. The van der Waals surface area contributed by atoms with Crippen molar-refractivity contribution < 1.29 is 13.2 Å². The molecule has 0 radical (unpaired) electrons. The van der Waals surface area contributed by atoms with Gasteiger partial charge in [-0.2, -0.15) is 0 Å². The highest BCUT2D eigenvalue weighted by molar-refractivity contribution is 7.90. The number of hydrogen-bond acceptors (Lipinski definition) is 5. The second kappa shape index (κ2) is 26.3. The Hall–Kier alpha value is -3.46. The molecule has 0 fully saturated rings. The van der Waals surface area contributed by atoms with E-state index in [4.69, 9.17) is 9.98 Å². The molecular formula is C43H67N5O3S. The van der Waals surface area contributed by atoms with Crippen LogP contribution in [-0.2, 0) is 23.1 Å². The van der Waals surface area contributed by atoms with Crippen molar-refractivity contribution in [3.8, 4) is 0 Å². The second-order valence-electron chi connectivity index (χ2n) is 14.1. The predicted molar refractivity (Wildman–Crippen MR) is 215 cm³/mol. The summed E-state index contributed by atoms with van der Waals surface area (Å²) in [4.78, 5) is 20.5. The van der Waals surface area contributed by atoms with Gasteiger partial charge < -0.3 is 9.13 Å². The molecule has 1 amide bonds. The van der Waals surface area contributed by atoms with Gasteiger partial charge in [0.2, 0.25) is 0 Å². The largest absolute Gasteiger partial charge is 0.354 e. The molecule has 1 aliphatic heterocycles. The Kier molecular flexibility index (Phi) is 21.7. The van der Waals surface area contributed by atoms with E-state index in [0.29, 0.717) is 0 Å². The van der Waals surface area contributed by atoms with Crippen LogP contribution in [0.4, 0.5) is 0 Å². The first-order valence-corrected chi connectivity index (χ1v) is 21.9. The van der Waals surface area contributed by atoms with E-state index < -0.39 is 15.9 Å². The van der Waals surface area contributed by atoms with Crippen molar-refractivity contribution in [1.29, 1.82) is 0 Å². The zero-order valence-electron chi connectivity index (χ0n) is 32.3. The van der Waals surface area contributed by atoms with E-state index >= 15 is 0 Å². The molecule has 0 saturated heterocycles. The minimum Gasteiger partial charge on any atom is -0.354 e. The van der Waals surface area contributed by atoms with Crippen molar-refractivity contribution >= 4 is 15.9 Å². The van der Waals surface area contributed by atoms with Crippen molar-refractivity contribution in [3.63, 3.8) is 0 Å². The summed E-state index contributed by atoms with van der Waals surface area (Å²) in [6.45, 7) is 8.74. The first kappa shape index (κ1) is 42.9. The summed E-state index contributed by atoms with van der Waals surface area (Å²) in [5.41, 5.74) is 0.220. The summed E-state index contributed by atoms with van der Waals surface area (Å²) < 4.78 is 28.8. The van der Waals surface area contributed by atoms with Gasteiger partial charge in [-0.25, -0.2) is 13.1 Å². The zero-order chi connectivity index (χ0) is 37.1. The van der Waals surface area contributed by atoms with E-state index in [9.17, 15) is 13.2 Å². The highest BCUT2D eigenvalue weighted by Crippen LogP contribution is 2.21. The molecule has 288 valence electrons. The number of nitrogens with one attached hydrogen (secondary N) is 1. The molecule has 0 atom stereocenters. The molecule has 1 aromatic carbocycles.